The Hall–Kier alpha value is 0.0249. The molecule has 0 aromatic heterocycles. The van der Waals surface area contributed by atoms with Crippen LogP contribution in [-0.4, -0.2) is 31.3 Å². The van der Waals surface area contributed by atoms with Crippen molar-refractivity contribution < 1.29 is 0 Å². The lowest BCUT2D eigenvalue weighted by Gasteiger charge is -2.48. The summed E-state index contributed by atoms with van der Waals surface area (Å²) in [4.78, 5) is 2.56. The molecule has 0 aromatic rings. The maximum Gasteiger partial charge on any atom is 0.117 e. The van der Waals surface area contributed by atoms with E-state index in [0.717, 1.165) is 29.8 Å². The van der Waals surface area contributed by atoms with Gasteiger partial charge in [-0.2, -0.15) is 0 Å². The van der Waals surface area contributed by atoms with Crippen molar-refractivity contribution >= 4 is 7.28 Å². The minimum Gasteiger partial charge on any atom is -0.300 e. The smallest absolute Gasteiger partial charge is 0.117 e. The molecule has 0 bridgehead atoms. The third-order valence-electron chi connectivity index (χ3n) is 6.79. The largest absolute Gasteiger partial charge is 0.300 e. The highest BCUT2D eigenvalue weighted by atomic mass is 15.2. The molecule has 129 valence electrons. The first-order chi connectivity index (χ1) is 10.2. The Bertz CT molecular complexity index is 317. The van der Waals surface area contributed by atoms with Crippen LogP contribution in [0.15, 0.2) is 0 Å². The summed E-state index contributed by atoms with van der Waals surface area (Å²) in [5, 5.41) is 0.443. The van der Waals surface area contributed by atoms with Gasteiger partial charge in [0, 0.05) is 12.1 Å². The van der Waals surface area contributed by atoms with E-state index in [1.807, 2.05) is 0 Å². The van der Waals surface area contributed by atoms with Crippen molar-refractivity contribution in [3.63, 3.8) is 0 Å². The maximum absolute atomic E-state index is 2.66. The van der Waals surface area contributed by atoms with E-state index < -0.39 is 0 Å². The second kappa shape index (κ2) is 8.76. The third kappa shape index (κ3) is 5.58. The second-order valence-electron chi connectivity index (χ2n) is 8.86. The molecule has 5 atom stereocenters. The zero-order valence-electron chi connectivity index (χ0n) is 16.7. The monoisotopic (exact) mass is 306 g/mol. The summed E-state index contributed by atoms with van der Waals surface area (Å²) in [6.07, 6.45) is 8.09. The van der Waals surface area contributed by atoms with Gasteiger partial charge in [0.15, 0.2) is 0 Å². The maximum atomic E-state index is 2.66. The highest BCUT2D eigenvalue weighted by molar-refractivity contribution is 6.40. The average molecular weight is 306 g/mol. The van der Waals surface area contributed by atoms with Crippen molar-refractivity contribution in [1.29, 1.82) is 0 Å². The molecule has 22 heavy (non-hydrogen) atoms. The molecule has 2 heteroatoms. The van der Waals surface area contributed by atoms with Crippen molar-refractivity contribution in [3.05, 3.63) is 0 Å². The fraction of sp³-hybridized carbons (Fsp3) is 1.00. The zero-order valence-corrected chi connectivity index (χ0v) is 16.7. The van der Waals surface area contributed by atoms with Gasteiger partial charge >= 0.3 is 0 Å². The Morgan fingerprint density at radius 3 is 2.32 bits per heavy atom. The van der Waals surface area contributed by atoms with E-state index in [1.54, 1.807) is 0 Å². The van der Waals surface area contributed by atoms with Gasteiger partial charge < -0.3 is 4.90 Å². The topological polar surface area (TPSA) is 3.24 Å². The summed E-state index contributed by atoms with van der Waals surface area (Å²) in [6, 6.07) is 1.61. The Balaban J connectivity index is 2.33. The minimum atomic E-state index is 0.443. The van der Waals surface area contributed by atoms with Gasteiger partial charge in [0.1, 0.15) is 7.28 Å². The standard InChI is InChI=1S/C20H41BN/c1-9-20(7,12-10-11-16(4)15(2)3)21-14-17(5)19-13-18(6)22(19)8/h15-19H,9-14H2,1-8H3. The molecule has 1 aliphatic rings. The summed E-state index contributed by atoms with van der Waals surface area (Å²) in [5.41, 5.74) is 0. The molecule has 1 saturated heterocycles. The molecule has 1 nitrogen and oxygen atoms in total. The number of hydrogen-bond donors (Lipinski definition) is 0. The van der Waals surface area contributed by atoms with Crippen LogP contribution in [0, 0.1) is 17.8 Å². The van der Waals surface area contributed by atoms with Crippen LogP contribution in [-0.2, 0) is 0 Å². The number of nitrogens with zero attached hydrogens (tertiary/aromatic N) is 1. The van der Waals surface area contributed by atoms with E-state index in [2.05, 4.69) is 67.7 Å². The first-order valence-corrected chi connectivity index (χ1v) is 9.76. The van der Waals surface area contributed by atoms with Crippen LogP contribution in [0.2, 0.25) is 11.6 Å². The summed E-state index contributed by atoms with van der Waals surface area (Å²) < 4.78 is 0. The normalized spacial score (nSPS) is 28.0. The molecule has 1 radical (unpaired) electrons. The van der Waals surface area contributed by atoms with E-state index >= 15 is 0 Å². The molecular formula is C20H41BN. The number of rotatable bonds is 10. The van der Waals surface area contributed by atoms with Crippen molar-refractivity contribution in [2.45, 2.75) is 104 Å². The quantitative estimate of drug-likeness (QED) is 0.455. The van der Waals surface area contributed by atoms with Gasteiger partial charge in [-0.05, 0) is 38.1 Å². The fourth-order valence-electron chi connectivity index (χ4n) is 3.72. The average Bonchev–Trinajstić information content (AvgIpc) is 2.49. The Morgan fingerprint density at radius 2 is 1.86 bits per heavy atom. The van der Waals surface area contributed by atoms with Gasteiger partial charge in [-0.15, -0.1) is 0 Å². The zero-order chi connectivity index (χ0) is 16.9. The van der Waals surface area contributed by atoms with Gasteiger partial charge in [-0.1, -0.05) is 78.9 Å². The molecule has 0 amide bonds. The van der Waals surface area contributed by atoms with Crippen LogP contribution in [0.25, 0.3) is 0 Å². The molecule has 5 unspecified atom stereocenters. The van der Waals surface area contributed by atoms with Crippen LogP contribution in [0.4, 0.5) is 0 Å². The Labute approximate surface area is 141 Å². The second-order valence-corrected chi connectivity index (χ2v) is 8.86. The SMILES string of the molecule is CCC(C)([B]CC(C)C1CC(C)N1C)CCCC(C)C(C)C. The fourth-order valence-corrected chi connectivity index (χ4v) is 3.72. The lowest BCUT2D eigenvalue weighted by molar-refractivity contribution is 0.0253. The molecule has 0 N–H and O–H groups in total. The number of likely N-dealkylation sites (tertiary alicyclic amines) is 1. The molecule has 0 aromatic carbocycles. The summed E-state index contributed by atoms with van der Waals surface area (Å²) in [7, 11) is 4.95. The summed E-state index contributed by atoms with van der Waals surface area (Å²) in [5.74, 6) is 2.50. The lowest BCUT2D eigenvalue weighted by Crippen LogP contribution is -2.54. The number of hydrogen-bond acceptors (Lipinski definition) is 1. The van der Waals surface area contributed by atoms with Crippen LogP contribution in [0.1, 0.15) is 80.6 Å². The van der Waals surface area contributed by atoms with Crippen molar-refractivity contribution in [3.8, 4) is 0 Å². The summed E-state index contributed by atoms with van der Waals surface area (Å²) >= 11 is 0. The van der Waals surface area contributed by atoms with E-state index in [9.17, 15) is 0 Å². The van der Waals surface area contributed by atoms with Gasteiger partial charge in [0.05, 0.1) is 0 Å². The molecule has 1 rings (SSSR count). The van der Waals surface area contributed by atoms with E-state index in [0.29, 0.717) is 5.31 Å². The van der Waals surface area contributed by atoms with Crippen LogP contribution in [0.5, 0.6) is 0 Å². The van der Waals surface area contributed by atoms with Crippen molar-refractivity contribution in [2.24, 2.45) is 17.8 Å². The van der Waals surface area contributed by atoms with Crippen molar-refractivity contribution in [2.75, 3.05) is 7.05 Å². The first-order valence-electron chi connectivity index (χ1n) is 9.76. The van der Waals surface area contributed by atoms with Crippen LogP contribution >= 0.6 is 0 Å². The first kappa shape index (κ1) is 20.1. The minimum absolute atomic E-state index is 0.443. The predicted molar refractivity (Wildman–Crippen MR) is 102 cm³/mol. The van der Waals surface area contributed by atoms with Gasteiger partial charge in [-0.25, -0.2) is 0 Å². The predicted octanol–water partition coefficient (Wildman–Crippen LogP) is 5.89. The lowest BCUT2D eigenvalue weighted by atomic mass is 9.46. The Kier molecular flexibility index (Phi) is 7.99. The highest BCUT2D eigenvalue weighted by Crippen LogP contribution is 2.39. The summed E-state index contributed by atoms with van der Waals surface area (Å²) in [6.45, 7) is 16.8. The van der Waals surface area contributed by atoms with E-state index in [1.165, 1.54) is 38.4 Å². The van der Waals surface area contributed by atoms with E-state index in [4.69, 9.17) is 0 Å². The van der Waals surface area contributed by atoms with Gasteiger partial charge in [-0.3, -0.25) is 0 Å². The molecule has 0 spiro atoms. The Morgan fingerprint density at radius 1 is 1.23 bits per heavy atom. The van der Waals surface area contributed by atoms with Crippen LogP contribution < -0.4 is 0 Å². The molecule has 1 fully saturated rings. The molecule has 1 heterocycles. The molecule has 0 aliphatic carbocycles. The molecule has 1 aliphatic heterocycles. The van der Waals surface area contributed by atoms with E-state index in [-0.39, 0.29) is 0 Å². The van der Waals surface area contributed by atoms with Gasteiger partial charge in [0.25, 0.3) is 0 Å². The third-order valence-corrected chi connectivity index (χ3v) is 6.79. The molecular weight excluding hydrogens is 265 g/mol. The van der Waals surface area contributed by atoms with Crippen LogP contribution in [0.3, 0.4) is 0 Å². The highest BCUT2D eigenvalue weighted by Gasteiger charge is 2.36. The molecule has 0 saturated carbocycles. The van der Waals surface area contributed by atoms with Crippen molar-refractivity contribution in [1.82, 2.24) is 4.90 Å². The van der Waals surface area contributed by atoms with Gasteiger partial charge in [0.2, 0.25) is 0 Å².